The van der Waals surface area contributed by atoms with Crippen LogP contribution in [0.15, 0.2) is 0 Å². The molecule has 0 radical (unpaired) electrons. The van der Waals surface area contributed by atoms with E-state index in [2.05, 4.69) is 37.9 Å². The Morgan fingerprint density at radius 2 is 1.89 bits per heavy atom. The number of hydrogen-bond donors (Lipinski definition) is 1. The van der Waals surface area contributed by atoms with E-state index in [1.807, 2.05) is 0 Å². The molecule has 0 amide bonds. The van der Waals surface area contributed by atoms with Crippen molar-refractivity contribution in [3.63, 3.8) is 0 Å². The zero-order valence-electron chi connectivity index (χ0n) is 13.5. The third-order valence-electron chi connectivity index (χ3n) is 5.16. The minimum atomic E-state index is 0.744. The molecule has 2 unspecified atom stereocenters. The Labute approximate surface area is 120 Å². The fourth-order valence-electron chi connectivity index (χ4n) is 3.72. The highest BCUT2D eigenvalue weighted by molar-refractivity contribution is 4.91. The van der Waals surface area contributed by atoms with Gasteiger partial charge in [0, 0.05) is 25.2 Å². The van der Waals surface area contributed by atoms with Crippen LogP contribution in [0.25, 0.3) is 0 Å². The normalized spacial score (nSPS) is 36.5. The molecule has 0 aromatic rings. The molecule has 1 N–H and O–H groups in total. The molecular formula is C17H34N2. The van der Waals surface area contributed by atoms with Crippen LogP contribution in [-0.2, 0) is 0 Å². The Kier molecular flexibility index (Phi) is 5.70. The molecular weight excluding hydrogens is 232 g/mol. The van der Waals surface area contributed by atoms with Gasteiger partial charge in [-0.2, -0.15) is 0 Å². The highest BCUT2D eigenvalue weighted by Crippen LogP contribution is 2.34. The molecule has 0 bridgehead atoms. The molecule has 112 valence electrons. The van der Waals surface area contributed by atoms with Gasteiger partial charge in [-0.25, -0.2) is 0 Å². The van der Waals surface area contributed by atoms with Crippen LogP contribution in [-0.4, -0.2) is 36.6 Å². The van der Waals surface area contributed by atoms with Crippen LogP contribution in [0.2, 0.25) is 0 Å². The van der Waals surface area contributed by atoms with Gasteiger partial charge >= 0.3 is 0 Å². The summed E-state index contributed by atoms with van der Waals surface area (Å²) in [7, 11) is 0. The van der Waals surface area contributed by atoms with Crippen molar-refractivity contribution in [2.75, 3.05) is 19.6 Å². The van der Waals surface area contributed by atoms with Crippen LogP contribution in [0.3, 0.4) is 0 Å². The molecule has 1 aliphatic heterocycles. The van der Waals surface area contributed by atoms with E-state index in [-0.39, 0.29) is 0 Å². The fourth-order valence-corrected chi connectivity index (χ4v) is 3.72. The van der Waals surface area contributed by atoms with Crippen molar-refractivity contribution in [1.82, 2.24) is 10.2 Å². The standard InChI is InChI=1S/C17H34N2/c1-5-15-10-16(18-7-6-13(2)3)12-19(11-15)17-8-14(4)9-17/h13-18H,5-12H2,1-4H3. The summed E-state index contributed by atoms with van der Waals surface area (Å²) in [5.41, 5.74) is 0. The molecule has 2 atom stereocenters. The molecule has 0 aromatic heterocycles. The van der Waals surface area contributed by atoms with Gasteiger partial charge in [0.25, 0.3) is 0 Å². The maximum absolute atomic E-state index is 3.82. The van der Waals surface area contributed by atoms with E-state index in [4.69, 9.17) is 0 Å². The summed E-state index contributed by atoms with van der Waals surface area (Å²) in [6.45, 7) is 13.3. The summed E-state index contributed by atoms with van der Waals surface area (Å²) >= 11 is 0. The summed E-state index contributed by atoms with van der Waals surface area (Å²) in [6.07, 6.45) is 6.94. The van der Waals surface area contributed by atoms with E-state index >= 15 is 0 Å². The van der Waals surface area contributed by atoms with Crippen molar-refractivity contribution >= 4 is 0 Å². The van der Waals surface area contributed by atoms with Gasteiger partial charge in [-0.1, -0.05) is 34.1 Å². The molecule has 19 heavy (non-hydrogen) atoms. The third-order valence-corrected chi connectivity index (χ3v) is 5.16. The van der Waals surface area contributed by atoms with Crippen molar-refractivity contribution in [3.8, 4) is 0 Å². The van der Waals surface area contributed by atoms with Gasteiger partial charge in [-0.05, 0) is 50.0 Å². The lowest BCUT2D eigenvalue weighted by molar-refractivity contribution is 0.0329. The average molecular weight is 266 g/mol. The van der Waals surface area contributed by atoms with E-state index in [0.717, 1.165) is 29.8 Å². The topological polar surface area (TPSA) is 15.3 Å². The summed E-state index contributed by atoms with van der Waals surface area (Å²) in [5, 5.41) is 3.82. The van der Waals surface area contributed by atoms with Crippen LogP contribution >= 0.6 is 0 Å². The van der Waals surface area contributed by atoms with E-state index < -0.39 is 0 Å². The number of rotatable bonds is 6. The molecule has 1 saturated heterocycles. The lowest BCUT2D eigenvalue weighted by Crippen LogP contribution is -2.55. The first-order chi connectivity index (χ1) is 9.08. The van der Waals surface area contributed by atoms with E-state index in [1.165, 1.54) is 51.7 Å². The molecule has 2 heteroatoms. The summed E-state index contributed by atoms with van der Waals surface area (Å²) in [6, 6.07) is 1.65. The van der Waals surface area contributed by atoms with Gasteiger partial charge < -0.3 is 5.32 Å². The third kappa shape index (κ3) is 4.46. The summed E-state index contributed by atoms with van der Waals surface area (Å²) in [4.78, 5) is 2.80. The van der Waals surface area contributed by atoms with Crippen LogP contribution in [0.4, 0.5) is 0 Å². The van der Waals surface area contributed by atoms with Crippen LogP contribution in [0, 0.1) is 17.8 Å². The Hall–Kier alpha value is -0.0800. The van der Waals surface area contributed by atoms with Crippen LogP contribution < -0.4 is 5.32 Å². The number of piperidine rings is 1. The van der Waals surface area contributed by atoms with Crippen molar-refractivity contribution < 1.29 is 0 Å². The molecule has 2 nitrogen and oxygen atoms in total. The van der Waals surface area contributed by atoms with Gasteiger partial charge in [0.1, 0.15) is 0 Å². The van der Waals surface area contributed by atoms with Crippen LogP contribution in [0.5, 0.6) is 0 Å². The first kappa shape index (κ1) is 15.3. The lowest BCUT2D eigenvalue weighted by Gasteiger charge is -2.47. The largest absolute Gasteiger partial charge is 0.313 e. The van der Waals surface area contributed by atoms with Crippen molar-refractivity contribution in [2.45, 2.75) is 71.9 Å². The first-order valence-electron chi connectivity index (χ1n) is 8.55. The van der Waals surface area contributed by atoms with E-state index in [0.29, 0.717) is 0 Å². The second kappa shape index (κ2) is 7.08. The summed E-state index contributed by atoms with van der Waals surface area (Å²) in [5.74, 6) is 2.71. The molecule has 2 fully saturated rings. The Bertz CT molecular complexity index is 258. The number of nitrogens with zero attached hydrogens (tertiary/aromatic N) is 1. The van der Waals surface area contributed by atoms with Gasteiger partial charge in [0.15, 0.2) is 0 Å². The van der Waals surface area contributed by atoms with Crippen molar-refractivity contribution in [3.05, 3.63) is 0 Å². The molecule has 0 spiro atoms. The Morgan fingerprint density at radius 3 is 2.47 bits per heavy atom. The highest BCUT2D eigenvalue weighted by Gasteiger charge is 2.35. The summed E-state index contributed by atoms with van der Waals surface area (Å²) < 4.78 is 0. The molecule has 1 saturated carbocycles. The minimum absolute atomic E-state index is 0.744. The van der Waals surface area contributed by atoms with Crippen molar-refractivity contribution in [1.29, 1.82) is 0 Å². The highest BCUT2D eigenvalue weighted by atomic mass is 15.2. The molecule has 2 aliphatic rings. The maximum Gasteiger partial charge on any atom is 0.0198 e. The molecule has 0 aromatic carbocycles. The number of nitrogens with one attached hydrogen (secondary N) is 1. The number of likely N-dealkylation sites (tertiary alicyclic amines) is 1. The van der Waals surface area contributed by atoms with Gasteiger partial charge in [-0.15, -0.1) is 0 Å². The molecule has 2 rings (SSSR count). The Morgan fingerprint density at radius 1 is 1.16 bits per heavy atom. The minimum Gasteiger partial charge on any atom is -0.313 e. The zero-order valence-corrected chi connectivity index (χ0v) is 13.5. The average Bonchev–Trinajstić information content (AvgIpc) is 2.34. The number of hydrogen-bond acceptors (Lipinski definition) is 2. The Balaban J connectivity index is 1.78. The van der Waals surface area contributed by atoms with E-state index in [9.17, 15) is 0 Å². The second-order valence-corrected chi connectivity index (χ2v) is 7.53. The van der Waals surface area contributed by atoms with Gasteiger partial charge in [0.2, 0.25) is 0 Å². The van der Waals surface area contributed by atoms with Crippen LogP contribution in [0.1, 0.15) is 59.8 Å². The smallest absolute Gasteiger partial charge is 0.0198 e. The van der Waals surface area contributed by atoms with E-state index in [1.54, 1.807) is 0 Å². The molecule has 1 heterocycles. The second-order valence-electron chi connectivity index (χ2n) is 7.53. The van der Waals surface area contributed by atoms with Crippen molar-refractivity contribution in [2.24, 2.45) is 17.8 Å². The zero-order chi connectivity index (χ0) is 13.8. The molecule has 1 aliphatic carbocycles. The first-order valence-corrected chi connectivity index (χ1v) is 8.55. The predicted octanol–water partition coefficient (Wildman–Crippen LogP) is 3.52. The van der Waals surface area contributed by atoms with Gasteiger partial charge in [-0.3, -0.25) is 4.90 Å². The maximum atomic E-state index is 3.82. The lowest BCUT2D eigenvalue weighted by atomic mass is 9.79. The fraction of sp³-hybridized carbons (Fsp3) is 1.00. The van der Waals surface area contributed by atoms with Gasteiger partial charge in [0.05, 0.1) is 0 Å². The monoisotopic (exact) mass is 266 g/mol. The predicted molar refractivity (Wildman–Crippen MR) is 83.4 cm³/mol. The SMILES string of the molecule is CCC1CC(NCCC(C)C)CN(C2CC(C)C2)C1. The quantitative estimate of drug-likeness (QED) is 0.791.